The van der Waals surface area contributed by atoms with Crippen LogP contribution in [0.3, 0.4) is 0 Å². The molecule has 15 heavy (non-hydrogen) atoms. The second-order valence-corrected chi connectivity index (χ2v) is 5.21. The van der Waals surface area contributed by atoms with Crippen molar-refractivity contribution in [3.8, 4) is 0 Å². The molecule has 0 aliphatic heterocycles. The first-order chi connectivity index (χ1) is 7.31. The number of hydrogen-bond donors (Lipinski definition) is 0. The van der Waals surface area contributed by atoms with E-state index < -0.39 is 0 Å². The Balaban J connectivity index is 1.80. The third-order valence-electron chi connectivity index (χ3n) is 4.33. The van der Waals surface area contributed by atoms with Crippen molar-refractivity contribution in [2.45, 2.75) is 32.6 Å². The second kappa shape index (κ2) is 3.33. The smallest absolute Gasteiger partial charge is 0.162 e. The van der Waals surface area contributed by atoms with Gasteiger partial charge in [0.15, 0.2) is 5.78 Å². The number of carbonyl (C=O) groups is 1. The molecule has 3 aliphatic rings. The van der Waals surface area contributed by atoms with Gasteiger partial charge in [-0.1, -0.05) is 31.6 Å². The number of ketones is 1. The van der Waals surface area contributed by atoms with E-state index in [1.165, 1.54) is 19.3 Å². The highest BCUT2D eigenvalue weighted by atomic mass is 16.1. The van der Waals surface area contributed by atoms with Gasteiger partial charge in [-0.25, -0.2) is 0 Å². The molecule has 1 saturated carbocycles. The summed E-state index contributed by atoms with van der Waals surface area (Å²) in [5, 5.41) is 0. The van der Waals surface area contributed by atoms with E-state index in [9.17, 15) is 4.79 Å². The highest BCUT2D eigenvalue weighted by Crippen LogP contribution is 2.53. The van der Waals surface area contributed by atoms with Gasteiger partial charge in [-0.2, -0.15) is 0 Å². The lowest BCUT2D eigenvalue weighted by Gasteiger charge is -2.17. The lowest BCUT2D eigenvalue weighted by Crippen LogP contribution is -2.21. The Labute approximate surface area is 91.2 Å². The zero-order chi connectivity index (χ0) is 10.4. The molecule has 0 radical (unpaired) electrons. The van der Waals surface area contributed by atoms with Crippen LogP contribution < -0.4 is 0 Å². The third-order valence-corrected chi connectivity index (χ3v) is 4.33. The highest BCUT2D eigenvalue weighted by Gasteiger charge is 2.50. The Morgan fingerprint density at radius 1 is 1.33 bits per heavy atom. The van der Waals surface area contributed by atoms with E-state index in [0.717, 1.165) is 12.0 Å². The molecular weight excluding hydrogens is 184 g/mol. The van der Waals surface area contributed by atoms with Gasteiger partial charge in [-0.05, 0) is 42.6 Å². The van der Waals surface area contributed by atoms with Gasteiger partial charge in [0, 0.05) is 5.92 Å². The van der Waals surface area contributed by atoms with Crippen LogP contribution in [0.4, 0.5) is 0 Å². The fourth-order valence-corrected chi connectivity index (χ4v) is 3.56. The molecule has 0 spiro atoms. The average molecular weight is 202 g/mol. The van der Waals surface area contributed by atoms with Crippen LogP contribution in [0, 0.1) is 23.7 Å². The molecule has 0 aromatic carbocycles. The molecule has 0 aromatic rings. The maximum Gasteiger partial charge on any atom is 0.162 e. The van der Waals surface area contributed by atoms with Crippen molar-refractivity contribution >= 4 is 5.78 Å². The Morgan fingerprint density at radius 3 is 2.87 bits per heavy atom. The SMILES string of the molecule is CCCCC1=C[C@@H]2[C@H](C1=O)[C@H]1C=C[C@@H]2C1. The molecule has 80 valence electrons. The maximum atomic E-state index is 12.2. The topological polar surface area (TPSA) is 17.1 Å². The van der Waals surface area contributed by atoms with E-state index in [1.54, 1.807) is 0 Å². The summed E-state index contributed by atoms with van der Waals surface area (Å²) in [6.07, 6.45) is 11.5. The number of Topliss-reactive ketones (excluding diaryl/α,β-unsaturated/α-hetero) is 1. The van der Waals surface area contributed by atoms with Crippen LogP contribution in [0.25, 0.3) is 0 Å². The van der Waals surface area contributed by atoms with Gasteiger partial charge in [0.05, 0.1) is 0 Å². The van der Waals surface area contributed by atoms with E-state index in [4.69, 9.17) is 0 Å². The first-order valence-corrected chi connectivity index (χ1v) is 6.24. The quantitative estimate of drug-likeness (QED) is 0.643. The number of hydrogen-bond acceptors (Lipinski definition) is 1. The molecule has 0 amide bonds. The molecule has 1 nitrogen and oxygen atoms in total. The Kier molecular flexibility index (Phi) is 2.08. The molecule has 0 aromatic heterocycles. The Hall–Kier alpha value is -0.850. The second-order valence-electron chi connectivity index (χ2n) is 5.21. The minimum atomic E-state index is 0.340. The van der Waals surface area contributed by atoms with Crippen LogP contribution in [0.1, 0.15) is 32.6 Å². The minimum absolute atomic E-state index is 0.340. The molecule has 3 aliphatic carbocycles. The van der Waals surface area contributed by atoms with Crippen molar-refractivity contribution in [2.75, 3.05) is 0 Å². The van der Waals surface area contributed by atoms with Crippen LogP contribution in [-0.2, 0) is 4.79 Å². The summed E-state index contributed by atoms with van der Waals surface area (Å²) in [5.74, 6) is 2.64. The molecule has 4 atom stereocenters. The molecule has 0 unspecified atom stereocenters. The summed E-state index contributed by atoms with van der Waals surface area (Å²) in [7, 11) is 0. The molecule has 1 fully saturated rings. The number of allylic oxidation sites excluding steroid dienone is 4. The van der Waals surface area contributed by atoms with Crippen molar-refractivity contribution in [2.24, 2.45) is 23.7 Å². The first-order valence-electron chi connectivity index (χ1n) is 6.24. The lowest BCUT2D eigenvalue weighted by atomic mass is 9.85. The summed E-state index contributed by atoms with van der Waals surface area (Å²) >= 11 is 0. The zero-order valence-corrected chi connectivity index (χ0v) is 9.28. The highest BCUT2D eigenvalue weighted by molar-refractivity contribution is 6.00. The number of carbonyl (C=O) groups excluding carboxylic acids is 1. The van der Waals surface area contributed by atoms with E-state index in [-0.39, 0.29) is 0 Å². The van der Waals surface area contributed by atoms with Crippen LogP contribution in [0.2, 0.25) is 0 Å². The van der Waals surface area contributed by atoms with E-state index in [2.05, 4.69) is 25.2 Å². The fraction of sp³-hybridized carbons (Fsp3) is 0.643. The van der Waals surface area contributed by atoms with Crippen LogP contribution in [-0.4, -0.2) is 5.78 Å². The predicted molar refractivity (Wildman–Crippen MR) is 60.3 cm³/mol. The molecular formula is C14H18O. The standard InChI is InChI=1S/C14H18O/c1-2-3-4-11-8-12-9-5-6-10(7-9)13(12)14(11)15/h5-6,8-10,12-13H,2-4,7H2,1H3/t9-,10+,12+,13-/m1/s1. The van der Waals surface area contributed by atoms with Gasteiger partial charge in [-0.15, -0.1) is 0 Å². The minimum Gasteiger partial charge on any atom is -0.294 e. The normalized spacial score (nSPS) is 41.1. The summed E-state index contributed by atoms with van der Waals surface area (Å²) in [6.45, 7) is 2.19. The molecule has 3 rings (SSSR count). The number of fused-ring (bicyclic) bond motifs is 5. The lowest BCUT2D eigenvalue weighted by molar-refractivity contribution is -0.119. The van der Waals surface area contributed by atoms with Crippen molar-refractivity contribution < 1.29 is 4.79 Å². The van der Waals surface area contributed by atoms with Gasteiger partial charge >= 0.3 is 0 Å². The van der Waals surface area contributed by atoms with E-state index >= 15 is 0 Å². The maximum absolute atomic E-state index is 12.2. The number of unbranched alkanes of at least 4 members (excludes halogenated alkanes) is 1. The molecule has 0 N–H and O–H groups in total. The summed E-state index contributed by atoms with van der Waals surface area (Å²) in [4.78, 5) is 12.2. The monoisotopic (exact) mass is 202 g/mol. The molecule has 1 heteroatoms. The fourth-order valence-electron chi connectivity index (χ4n) is 3.56. The molecule has 2 bridgehead atoms. The number of rotatable bonds is 3. The summed E-state index contributed by atoms with van der Waals surface area (Å²) in [5.41, 5.74) is 1.14. The van der Waals surface area contributed by atoms with Gasteiger partial charge in [0.1, 0.15) is 0 Å². The van der Waals surface area contributed by atoms with Gasteiger partial charge < -0.3 is 0 Å². The first kappa shape index (κ1) is 9.38. The summed E-state index contributed by atoms with van der Waals surface area (Å²) in [6, 6.07) is 0. The van der Waals surface area contributed by atoms with Crippen LogP contribution >= 0.6 is 0 Å². The molecule has 0 heterocycles. The van der Waals surface area contributed by atoms with Crippen molar-refractivity contribution in [3.05, 3.63) is 23.8 Å². The molecule has 0 saturated heterocycles. The van der Waals surface area contributed by atoms with E-state index in [0.29, 0.717) is 29.5 Å². The zero-order valence-electron chi connectivity index (χ0n) is 9.28. The summed E-state index contributed by atoms with van der Waals surface area (Å²) < 4.78 is 0. The van der Waals surface area contributed by atoms with E-state index in [1.807, 2.05) is 0 Å². The Bertz CT molecular complexity index is 350. The van der Waals surface area contributed by atoms with Gasteiger partial charge in [0.2, 0.25) is 0 Å². The van der Waals surface area contributed by atoms with Gasteiger partial charge in [-0.3, -0.25) is 4.79 Å². The Morgan fingerprint density at radius 2 is 2.13 bits per heavy atom. The largest absolute Gasteiger partial charge is 0.294 e. The van der Waals surface area contributed by atoms with Crippen LogP contribution in [0.5, 0.6) is 0 Å². The van der Waals surface area contributed by atoms with Crippen molar-refractivity contribution in [1.29, 1.82) is 0 Å². The van der Waals surface area contributed by atoms with Crippen LogP contribution in [0.15, 0.2) is 23.8 Å². The van der Waals surface area contributed by atoms with Gasteiger partial charge in [0.25, 0.3) is 0 Å². The van der Waals surface area contributed by atoms with Crippen molar-refractivity contribution in [3.63, 3.8) is 0 Å². The van der Waals surface area contributed by atoms with Crippen molar-refractivity contribution in [1.82, 2.24) is 0 Å². The average Bonchev–Trinajstić information content (AvgIpc) is 2.88. The third kappa shape index (κ3) is 1.25. The predicted octanol–water partition coefficient (Wildman–Crippen LogP) is 3.12.